The van der Waals surface area contributed by atoms with E-state index in [1.165, 1.54) is 12.3 Å². The van der Waals surface area contributed by atoms with Crippen molar-refractivity contribution in [3.8, 4) is 11.5 Å². The minimum absolute atomic E-state index is 0.244. The molecule has 0 aliphatic heterocycles. The highest BCUT2D eigenvalue weighted by atomic mass is 32.2. The van der Waals surface area contributed by atoms with Gasteiger partial charge in [-0.2, -0.15) is 0 Å². The summed E-state index contributed by atoms with van der Waals surface area (Å²) in [6.07, 6.45) is 1.95. The summed E-state index contributed by atoms with van der Waals surface area (Å²) in [5, 5.41) is 0. The molecule has 0 amide bonds. The SMILES string of the molecule is CS(=O)(=O)c1cccc(Oc2cccc(CCN)c2)c1. The van der Waals surface area contributed by atoms with Crippen molar-refractivity contribution in [3.63, 3.8) is 0 Å². The van der Waals surface area contributed by atoms with E-state index in [-0.39, 0.29) is 4.90 Å². The molecule has 0 spiro atoms. The molecule has 4 nitrogen and oxygen atoms in total. The fourth-order valence-electron chi connectivity index (χ4n) is 1.84. The van der Waals surface area contributed by atoms with Crippen LogP contribution in [0.5, 0.6) is 11.5 Å². The maximum atomic E-state index is 11.5. The van der Waals surface area contributed by atoms with E-state index in [2.05, 4.69) is 0 Å². The molecule has 0 saturated carbocycles. The monoisotopic (exact) mass is 291 g/mol. The number of benzene rings is 2. The highest BCUT2D eigenvalue weighted by molar-refractivity contribution is 7.90. The normalized spacial score (nSPS) is 11.3. The van der Waals surface area contributed by atoms with Gasteiger partial charge in [0, 0.05) is 6.26 Å². The van der Waals surface area contributed by atoms with Crippen molar-refractivity contribution in [3.05, 3.63) is 54.1 Å². The second kappa shape index (κ2) is 6.07. The lowest BCUT2D eigenvalue weighted by Crippen LogP contribution is -2.02. The summed E-state index contributed by atoms with van der Waals surface area (Å²) in [5.74, 6) is 1.17. The van der Waals surface area contributed by atoms with Gasteiger partial charge >= 0.3 is 0 Å². The number of hydrogen-bond donors (Lipinski definition) is 1. The minimum atomic E-state index is -3.23. The van der Waals surface area contributed by atoms with Crippen LogP contribution in [0.1, 0.15) is 5.56 Å². The van der Waals surface area contributed by atoms with Gasteiger partial charge in [0.15, 0.2) is 9.84 Å². The van der Waals surface area contributed by atoms with Gasteiger partial charge in [0.1, 0.15) is 11.5 Å². The third-order valence-corrected chi connectivity index (χ3v) is 3.91. The molecule has 0 radical (unpaired) electrons. The van der Waals surface area contributed by atoms with E-state index in [9.17, 15) is 8.42 Å². The van der Waals surface area contributed by atoms with E-state index < -0.39 is 9.84 Å². The van der Waals surface area contributed by atoms with Crippen LogP contribution in [0, 0.1) is 0 Å². The van der Waals surface area contributed by atoms with Gasteiger partial charge in [-0.1, -0.05) is 18.2 Å². The fourth-order valence-corrected chi connectivity index (χ4v) is 2.49. The Kier molecular flexibility index (Phi) is 4.42. The van der Waals surface area contributed by atoms with Gasteiger partial charge in [0.25, 0.3) is 0 Å². The molecule has 0 aliphatic rings. The highest BCUT2D eigenvalue weighted by Gasteiger charge is 2.08. The first-order valence-corrected chi connectivity index (χ1v) is 8.15. The molecule has 2 N–H and O–H groups in total. The average Bonchev–Trinajstić information content (AvgIpc) is 2.39. The first-order valence-electron chi connectivity index (χ1n) is 6.26. The van der Waals surface area contributed by atoms with Crippen LogP contribution in [0.25, 0.3) is 0 Å². The lowest BCUT2D eigenvalue weighted by atomic mass is 10.1. The Hall–Kier alpha value is -1.85. The predicted octanol–water partition coefficient (Wildman–Crippen LogP) is 2.38. The second-order valence-corrected chi connectivity index (χ2v) is 6.55. The van der Waals surface area contributed by atoms with Gasteiger partial charge in [-0.05, 0) is 48.9 Å². The topological polar surface area (TPSA) is 69.4 Å². The molecule has 20 heavy (non-hydrogen) atoms. The van der Waals surface area contributed by atoms with Crippen LogP contribution in [0.15, 0.2) is 53.4 Å². The van der Waals surface area contributed by atoms with E-state index in [1.807, 2.05) is 24.3 Å². The molecule has 2 rings (SSSR count). The van der Waals surface area contributed by atoms with Crippen LogP contribution in [-0.4, -0.2) is 21.2 Å². The summed E-state index contributed by atoms with van der Waals surface area (Å²) in [7, 11) is -3.23. The standard InChI is InChI=1S/C15H17NO3S/c1-20(17,18)15-7-3-6-14(11-15)19-13-5-2-4-12(10-13)8-9-16/h2-7,10-11H,8-9,16H2,1H3. The third-order valence-electron chi connectivity index (χ3n) is 2.80. The summed E-state index contributed by atoms with van der Waals surface area (Å²) in [6, 6.07) is 14.1. The van der Waals surface area contributed by atoms with Gasteiger partial charge in [0.05, 0.1) is 4.90 Å². The highest BCUT2D eigenvalue weighted by Crippen LogP contribution is 2.24. The van der Waals surface area contributed by atoms with Crippen LogP contribution in [0.3, 0.4) is 0 Å². The Labute approximate surface area is 119 Å². The Balaban J connectivity index is 2.24. The Morgan fingerprint density at radius 3 is 2.35 bits per heavy atom. The largest absolute Gasteiger partial charge is 0.457 e. The maximum Gasteiger partial charge on any atom is 0.175 e. The van der Waals surface area contributed by atoms with Crippen LogP contribution in [0.2, 0.25) is 0 Å². The van der Waals surface area contributed by atoms with E-state index in [1.54, 1.807) is 18.2 Å². The van der Waals surface area contributed by atoms with E-state index >= 15 is 0 Å². The molecule has 106 valence electrons. The molecule has 0 aliphatic carbocycles. The van der Waals surface area contributed by atoms with Crippen LogP contribution < -0.4 is 10.5 Å². The maximum absolute atomic E-state index is 11.5. The van der Waals surface area contributed by atoms with Crippen molar-refractivity contribution < 1.29 is 13.2 Å². The summed E-state index contributed by atoms with van der Waals surface area (Å²) in [4.78, 5) is 0.244. The number of nitrogens with two attached hydrogens (primary N) is 1. The van der Waals surface area contributed by atoms with Crippen molar-refractivity contribution in [2.24, 2.45) is 5.73 Å². The van der Waals surface area contributed by atoms with E-state index in [0.29, 0.717) is 18.0 Å². The van der Waals surface area contributed by atoms with Crippen molar-refractivity contribution in [1.82, 2.24) is 0 Å². The van der Waals surface area contributed by atoms with Gasteiger partial charge < -0.3 is 10.5 Å². The Bertz CT molecular complexity index is 696. The molecule has 5 heteroatoms. The summed E-state index contributed by atoms with van der Waals surface area (Å²) in [5.41, 5.74) is 6.61. The van der Waals surface area contributed by atoms with Crippen molar-refractivity contribution in [1.29, 1.82) is 0 Å². The molecule has 2 aromatic carbocycles. The summed E-state index contributed by atoms with van der Waals surface area (Å²) < 4.78 is 28.7. The smallest absolute Gasteiger partial charge is 0.175 e. The molecule has 0 saturated heterocycles. The molecule has 0 unspecified atom stereocenters. The molecule has 2 aromatic rings. The third kappa shape index (κ3) is 3.82. The quantitative estimate of drug-likeness (QED) is 0.918. The molecular formula is C15H17NO3S. The average molecular weight is 291 g/mol. The molecular weight excluding hydrogens is 274 g/mol. The Morgan fingerprint density at radius 2 is 1.70 bits per heavy atom. The van der Waals surface area contributed by atoms with Crippen LogP contribution in [-0.2, 0) is 16.3 Å². The lowest BCUT2D eigenvalue weighted by molar-refractivity contribution is 0.480. The van der Waals surface area contributed by atoms with Gasteiger partial charge in [-0.15, -0.1) is 0 Å². The zero-order valence-corrected chi connectivity index (χ0v) is 12.1. The van der Waals surface area contributed by atoms with E-state index in [0.717, 1.165) is 12.0 Å². The number of hydrogen-bond acceptors (Lipinski definition) is 4. The summed E-state index contributed by atoms with van der Waals surface area (Å²) in [6.45, 7) is 0.576. The lowest BCUT2D eigenvalue weighted by Gasteiger charge is -2.08. The zero-order chi connectivity index (χ0) is 14.6. The molecule has 0 bridgehead atoms. The van der Waals surface area contributed by atoms with Crippen molar-refractivity contribution >= 4 is 9.84 Å². The fraction of sp³-hybridized carbons (Fsp3) is 0.200. The second-order valence-electron chi connectivity index (χ2n) is 4.54. The molecule has 0 aromatic heterocycles. The van der Waals surface area contributed by atoms with Crippen molar-refractivity contribution in [2.75, 3.05) is 12.8 Å². The molecule has 0 fully saturated rings. The number of ether oxygens (including phenoxy) is 1. The van der Waals surface area contributed by atoms with Crippen LogP contribution >= 0.6 is 0 Å². The first kappa shape index (κ1) is 14.6. The van der Waals surface area contributed by atoms with E-state index in [4.69, 9.17) is 10.5 Å². The first-order chi connectivity index (χ1) is 9.49. The molecule has 0 atom stereocenters. The Morgan fingerprint density at radius 1 is 1.05 bits per heavy atom. The van der Waals surface area contributed by atoms with Gasteiger partial charge in [-0.3, -0.25) is 0 Å². The molecule has 0 heterocycles. The zero-order valence-electron chi connectivity index (χ0n) is 11.2. The minimum Gasteiger partial charge on any atom is -0.457 e. The van der Waals surface area contributed by atoms with Gasteiger partial charge in [-0.25, -0.2) is 8.42 Å². The number of rotatable bonds is 5. The number of sulfone groups is 1. The predicted molar refractivity (Wildman–Crippen MR) is 78.8 cm³/mol. The van der Waals surface area contributed by atoms with Crippen LogP contribution in [0.4, 0.5) is 0 Å². The van der Waals surface area contributed by atoms with Crippen molar-refractivity contribution in [2.45, 2.75) is 11.3 Å². The van der Waals surface area contributed by atoms with Gasteiger partial charge in [0.2, 0.25) is 0 Å². The summed E-state index contributed by atoms with van der Waals surface area (Å²) >= 11 is 0.